The fourth-order valence-electron chi connectivity index (χ4n) is 4.31. The molecule has 0 aromatic rings. The van der Waals surface area contributed by atoms with Gasteiger partial charge in [0, 0.05) is 37.0 Å². The minimum absolute atomic E-state index is 0.137. The molecule has 0 aromatic carbocycles. The Morgan fingerprint density at radius 1 is 1.13 bits per heavy atom. The molecule has 0 radical (unpaired) electrons. The zero-order valence-corrected chi connectivity index (χ0v) is 18.7. The summed E-state index contributed by atoms with van der Waals surface area (Å²) in [4.78, 5) is 13.0. The van der Waals surface area contributed by atoms with Crippen molar-refractivity contribution in [3.05, 3.63) is 71.6 Å². The van der Waals surface area contributed by atoms with Crippen molar-refractivity contribution in [2.75, 3.05) is 26.7 Å². The first-order valence-electron chi connectivity index (χ1n) is 10.5. The average molecular weight is 446 g/mol. The summed E-state index contributed by atoms with van der Waals surface area (Å²) in [6.45, 7) is 1.16. The second kappa shape index (κ2) is 10.3. The molecule has 8 heteroatoms. The molecular formula is C23H31N3O4S. The van der Waals surface area contributed by atoms with Crippen LogP contribution in [0.5, 0.6) is 0 Å². The van der Waals surface area contributed by atoms with Gasteiger partial charge < -0.3 is 10.1 Å². The van der Waals surface area contributed by atoms with Gasteiger partial charge in [0.2, 0.25) is 5.91 Å². The molecule has 31 heavy (non-hydrogen) atoms. The Kier molecular flexibility index (Phi) is 7.69. The minimum Gasteiger partial charge on any atom is -0.501 e. The summed E-state index contributed by atoms with van der Waals surface area (Å²) in [6.07, 6.45) is 20.7. The highest BCUT2D eigenvalue weighted by Crippen LogP contribution is 2.41. The number of hydrogen-bond donors (Lipinski definition) is 2. The van der Waals surface area contributed by atoms with E-state index in [1.807, 2.05) is 36.5 Å². The molecule has 0 bridgehead atoms. The van der Waals surface area contributed by atoms with Crippen LogP contribution in [0.25, 0.3) is 0 Å². The van der Waals surface area contributed by atoms with E-state index < -0.39 is 10.2 Å². The van der Waals surface area contributed by atoms with Gasteiger partial charge >= 0.3 is 0 Å². The first-order valence-corrected chi connectivity index (χ1v) is 12.0. The van der Waals surface area contributed by atoms with E-state index >= 15 is 0 Å². The summed E-state index contributed by atoms with van der Waals surface area (Å²) < 4.78 is 30.5. The summed E-state index contributed by atoms with van der Waals surface area (Å²) in [6, 6.07) is 0. The summed E-state index contributed by atoms with van der Waals surface area (Å²) in [5.41, 5.74) is 1.49. The van der Waals surface area contributed by atoms with Crippen molar-refractivity contribution in [2.45, 2.75) is 32.1 Å². The van der Waals surface area contributed by atoms with Gasteiger partial charge in [-0.15, -0.1) is 0 Å². The summed E-state index contributed by atoms with van der Waals surface area (Å²) >= 11 is 0. The van der Waals surface area contributed by atoms with Crippen LogP contribution >= 0.6 is 0 Å². The van der Waals surface area contributed by atoms with Crippen molar-refractivity contribution in [3.63, 3.8) is 0 Å². The van der Waals surface area contributed by atoms with E-state index in [1.165, 1.54) is 9.88 Å². The molecule has 168 valence electrons. The molecule has 1 atom stereocenters. The van der Waals surface area contributed by atoms with Crippen LogP contribution in [0, 0.1) is 5.41 Å². The predicted octanol–water partition coefficient (Wildman–Crippen LogP) is 2.64. The zero-order valence-electron chi connectivity index (χ0n) is 17.9. The average Bonchev–Trinajstić information content (AvgIpc) is 3.23. The first kappa shape index (κ1) is 23.2. The number of amides is 1. The number of ether oxygens (including phenoxy) is 1. The van der Waals surface area contributed by atoms with Gasteiger partial charge in [-0.2, -0.15) is 12.7 Å². The van der Waals surface area contributed by atoms with Crippen molar-refractivity contribution in [3.8, 4) is 0 Å². The Balaban J connectivity index is 1.80. The fourth-order valence-corrected chi connectivity index (χ4v) is 5.03. The highest BCUT2D eigenvalue weighted by molar-refractivity contribution is 7.86. The second-order valence-corrected chi connectivity index (χ2v) is 9.61. The summed E-state index contributed by atoms with van der Waals surface area (Å²) in [5, 5.41) is 8.52. The van der Waals surface area contributed by atoms with Gasteiger partial charge in [0.05, 0.1) is 7.11 Å². The van der Waals surface area contributed by atoms with Gasteiger partial charge in [-0.3, -0.25) is 4.79 Å². The van der Waals surface area contributed by atoms with E-state index in [-0.39, 0.29) is 11.3 Å². The topological polar surface area (TPSA) is 102 Å². The van der Waals surface area contributed by atoms with Crippen LogP contribution in [-0.4, -0.2) is 45.4 Å². The van der Waals surface area contributed by atoms with Gasteiger partial charge in [0.15, 0.2) is 0 Å². The fraction of sp³-hybridized carbons (Fsp3) is 0.435. The molecule has 0 saturated carbocycles. The van der Waals surface area contributed by atoms with Crippen LogP contribution in [0.2, 0.25) is 0 Å². The third-order valence-corrected chi connectivity index (χ3v) is 7.22. The van der Waals surface area contributed by atoms with E-state index in [2.05, 4.69) is 17.5 Å². The Bertz CT molecular complexity index is 973. The molecule has 3 rings (SSSR count). The van der Waals surface area contributed by atoms with E-state index in [4.69, 9.17) is 9.88 Å². The van der Waals surface area contributed by atoms with Gasteiger partial charge in [0.25, 0.3) is 10.2 Å². The molecule has 1 amide bonds. The number of carbonyl (C=O) groups is 1. The molecule has 1 heterocycles. The normalized spacial score (nSPS) is 24.9. The van der Waals surface area contributed by atoms with E-state index in [9.17, 15) is 13.2 Å². The van der Waals surface area contributed by atoms with E-state index in [1.54, 1.807) is 13.2 Å². The van der Waals surface area contributed by atoms with E-state index in [0.717, 1.165) is 18.6 Å². The SMILES string of the molecule is COC1=CC=CC=C(C(=O)NCC2(C3=CC=CC=CC3)CCCN(S(N)(=O)=O)CC2)C1. The van der Waals surface area contributed by atoms with Gasteiger partial charge in [-0.05, 0) is 31.8 Å². The number of nitrogens with one attached hydrogen (secondary N) is 1. The molecular weight excluding hydrogens is 414 g/mol. The predicted molar refractivity (Wildman–Crippen MR) is 122 cm³/mol. The minimum atomic E-state index is -3.74. The van der Waals surface area contributed by atoms with Crippen LogP contribution in [-0.2, 0) is 19.7 Å². The monoisotopic (exact) mass is 445 g/mol. The lowest BCUT2D eigenvalue weighted by Gasteiger charge is -2.36. The Morgan fingerprint density at radius 2 is 1.90 bits per heavy atom. The molecule has 1 fully saturated rings. The lowest BCUT2D eigenvalue weighted by atomic mass is 9.72. The highest BCUT2D eigenvalue weighted by Gasteiger charge is 2.38. The molecule has 1 saturated heterocycles. The number of methoxy groups -OCH3 is 1. The Hall–Kier alpha value is -2.42. The lowest BCUT2D eigenvalue weighted by molar-refractivity contribution is -0.118. The summed E-state index contributed by atoms with van der Waals surface area (Å²) in [7, 11) is -2.14. The molecule has 3 aliphatic rings. The molecule has 3 N–H and O–H groups in total. The molecule has 0 aromatic heterocycles. The van der Waals surface area contributed by atoms with Crippen molar-refractivity contribution >= 4 is 16.1 Å². The Labute approximate surface area is 184 Å². The molecule has 1 aliphatic heterocycles. The quantitative estimate of drug-likeness (QED) is 0.656. The van der Waals surface area contributed by atoms with Crippen molar-refractivity contribution in [1.82, 2.24) is 9.62 Å². The summed E-state index contributed by atoms with van der Waals surface area (Å²) in [5.74, 6) is 0.589. The number of rotatable bonds is 6. The van der Waals surface area contributed by atoms with Crippen LogP contribution in [0.15, 0.2) is 71.6 Å². The van der Waals surface area contributed by atoms with Gasteiger partial charge in [-0.25, -0.2) is 5.14 Å². The standard InChI is InChI=1S/C23H31N3O4S/c1-30-21-12-7-6-9-19(17-21)22(27)25-18-23(20-10-4-2-3-5-11-20)13-8-15-26(16-14-23)31(24,28)29/h2-7,9-10,12H,8,11,13-18H2,1H3,(H,25,27)(H2,24,28,29). The van der Waals surface area contributed by atoms with Crippen molar-refractivity contribution in [1.29, 1.82) is 0 Å². The van der Waals surface area contributed by atoms with E-state index in [0.29, 0.717) is 44.5 Å². The number of hydrogen-bond acceptors (Lipinski definition) is 4. The third-order valence-electron chi connectivity index (χ3n) is 6.13. The van der Waals surface area contributed by atoms with Gasteiger partial charge in [0.1, 0.15) is 5.76 Å². The van der Waals surface area contributed by atoms with Crippen LogP contribution in [0.4, 0.5) is 0 Å². The molecule has 2 aliphatic carbocycles. The molecule has 7 nitrogen and oxygen atoms in total. The molecule has 0 spiro atoms. The van der Waals surface area contributed by atoms with Crippen LogP contribution in [0.3, 0.4) is 0 Å². The second-order valence-electron chi connectivity index (χ2n) is 8.06. The largest absolute Gasteiger partial charge is 0.501 e. The number of allylic oxidation sites excluding steroid dienone is 10. The number of nitrogens with two attached hydrogens (primary N) is 1. The maximum absolute atomic E-state index is 13.0. The maximum Gasteiger partial charge on any atom is 0.276 e. The van der Waals surface area contributed by atoms with Gasteiger partial charge in [-0.1, -0.05) is 54.2 Å². The smallest absolute Gasteiger partial charge is 0.276 e. The number of nitrogens with zero attached hydrogens (tertiary/aromatic N) is 1. The maximum atomic E-state index is 13.0. The number of carbonyl (C=O) groups excluding carboxylic acids is 1. The lowest BCUT2D eigenvalue weighted by Crippen LogP contribution is -2.41. The van der Waals surface area contributed by atoms with Crippen LogP contribution < -0.4 is 10.5 Å². The Morgan fingerprint density at radius 3 is 2.68 bits per heavy atom. The first-order chi connectivity index (χ1) is 14.8. The van der Waals surface area contributed by atoms with Crippen molar-refractivity contribution in [2.24, 2.45) is 10.6 Å². The zero-order chi connectivity index (χ0) is 22.3. The molecule has 1 unspecified atom stereocenters. The van der Waals surface area contributed by atoms with Crippen molar-refractivity contribution < 1.29 is 17.9 Å². The van der Waals surface area contributed by atoms with Crippen LogP contribution in [0.1, 0.15) is 32.1 Å². The highest BCUT2D eigenvalue weighted by atomic mass is 32.2. The third kappa shape index (κ3) is 6.06.